The highest BCUT2D eigenvalue weighted by atomic mass is 35.5. The summed E-state index contributed by atoms with van der Waals surface area (Å²) in [7, 11) is 0. The molecule has 32 heavy (non-hydrogen) atoms. The minimum Gasteiger partial charge on any atom is -0.334 e. The van der Waals surface area contributed by atoms with Gasteiger partial charge in [-0.25, -0.2) is 9.78 Å². The Morgan fingerprint density at radius 1 is 1.09 bits per heavy atom. The first-order valence-corrected chi connectivity index (χ1v) is 10.4. The van der Waals surface area contributed by atoms with Crippen molar-refractivity contribution in [3.05, 3.63) is 93.4 Å². The molecule has 0 aliphatic rings. The molecule has 2 amide bonds. The van der Waals surface area contributed by atoms with Gasteiger partial charge in [-0.15, -0.1) is 0 Å². The van der Waals surface area contributed by atoms with Crippen molar-refractivity contribution >= 4 is 23.4 Å². The van der Waals surface area contributed by atoms with Gasteiger partial charge in [-0.1, -0.05) is 61.0 Å². The third kappa shape index (κ3) is 5.04. The number of benzene rings is 2. The van der Waals surface area contributed by atoms with Gasteiger partial charge in [0.15, 0.2) is 0 Å². The molecular formula is C23H21ClN6O2. The van der Waals surface area contributed by atoms with Gasteiger partial charge in [-0.05, 0) is 24.1 Å². The average Bonchev–Trinajstić information content (AvgIpc) is 3.22. The average molecular weight is 449 g/mol. The normalized spacial score (nSPS) is 10.7. The Balaban J connectivity index is 1.63. The molecule has 162 valence electrons. The van der Waals surface area contributed by atoms with E-state index < -0.39 is 6.03 Å². The summed E-state index contributed by atoms with van der Waals surface area (Å²) in [6.07, 6.45) is 0.591. The van der Waals surface area contributed by atoms with Gasteiger partial charge < -0.3 is 5.32 Å². The van der Waals surface area contributed by atoms with E-state index in [2.05, 4.69) is 25.7 Å². The molecule has 2 aromatic heterocycles. The Kier molecular flexibility index (Phi) is 6.32. The second-order valence-electron chi connectivity index (χ2n) is 7.04. The number of nitrogens with one attached hydrogen (secondary N) is 3. The fraction of sp³-hybridized carbons (Fsp3) is 0.130. The number of rotatable bonds is 6. The Hall–Kier alpha value is -3.91. The SMILES string of the molecule is CCc1cc(=O)[nH]c(-n2nc(-c3ccccc3)cc2NC(=O)NCc2ccc(Cl)cc2)n1. The van der Waals surface area contributed by atoms with E-state index in [-0.39, 0.29) is 11.5 Å². The maximum absolute atomic E-state index is 12.6. The van der Waals surface area contributed by atoms with E-state index in [4.69, 9.17) is 11.6 Å². The van der Waals surface area contributed by atoms with Crippen molar-refractivity contribution in [2.24, 2.45) is 0 Å². The molecule has 0 bridgehead atoms. The minimum atomic E-state index is -0.422. The van der Waals surface area contributed by atoms with E-state index in [9.17, 15) is 9.59 Å². The standard InChI is InChI=1S/C23H21ClN6O2/c1-2-18-12-21(31)28-22(26-18)30-20(13-19(29-30)16-6-4-3-5-7-16)27-23(32)25-14-15-8-10-17(24)11-9-15/h3-13H,2,14H2,1H3,(H2,25,27,32)(H,26,28,31). The molecule has 4 rings (SSSR count). The zero-order chi connectivity index (χ0) is 22.5. The number of anilines is 1. The van der Waals surface area contributed by atoms with E-state index in [0.717, 1.165) is 11.1 Å². The van der Waals surface area contributed by atoms with Gasteiger partial charge in [-0.2, -0.15) is 9.78 Å². The predicted octanol–water partition coefficient (Wildman–Crippen LogP) is 4.16. The van der Waals surface area contributed by atoms with Crippen LogP contribution in [0.1, 0.15) is 18.2 Å². The molecule has 9 heteroatoms. The van der Waals surface area contributed by atoms with Gasteiger partial charge in [0.2, 0.25) is 5.95 Å². The monoisotopic (exact) mass is 448 g/mol. The lowest BCUT2D eigenvalue weighted by Crippen LogP contribution is -2.29. The van der Waals surface area contributed by atoms with Crippen LogP contribution in [0.25, 0.3) is 17.2 Å². The van der Waals surface area contributed by atoms with Crippen LogP contribution in [-0.2, 0) is 13.0 Å². The molecule has 0 spiro atoms. The molecule has 2 aromatic carbocycles. The number of aromatic amines is 1. The van der Waals surface area contributed by atoms with Crippen molar-refractivity contribution in [2.45, 2.75) is 19.9 Å². The van der Waals surface area contributed by atoms with E-state index in [0.29, 0.717) is 35.2 Å². The van der Waals surface area contributed by atoms with Crippen molar-refractivity contribution in [1.29, 1.82) is 0 Å². The van der Waals surface area contributed by atoms with Crippen LogP contribution < -0.4 is 16.2 Å². The Morgan fingerprint density at radius 3 is 2.56 bits per heavy atom. The smallest absolute Gasteiger partial charge is 0.320 e. The number of halogens is 1. The van der Waals surface area contributed by atoms with Crippen LogP contribution in [0, 0.1) is 0 Å². The second kappa shape index (κ2) is 9.49. The van der Waals surface area contributed by atoms with Crippen LogP contribution in [0.2, 0.25) is 5.02 Å². The van der Waals surface area contributed by atoms with E-state index in [1.807, 2.05) is 49.4 Å². The molecular weight excluding hydrogens is 428 g/mol. The van der Waals surface area contributed by atoms with Crippen molar-refractivity contribution in [2.75, 3.05) is 5.32 Å². The minimum absolute atomic E-state index is 0.226. The lowest BCUT2D eigenvalue weighted by atomic mass is 10.2. The fourth-order valence-corrected chi connectivity index (χ4v) is 3.23. The van der Waals surface area contributed by atoms with Gasteiger partial charge in [0.05, 0.1) is 5.69 Å². The molecule has 0 radical (unpaired) electrons. The molecule has 8 nitrogen and oxygen atoms in total. The van der Waals surface area contributed by atoms with Crippen molar-refractivity contribution < 1.29 is 4.79 Å². The van der Waals surface area contributed by atoms with Crippen LogP contribution in [0.15, 0.2) is 71.5 Å². The zero-order valence-electron chi connectivity index (χ0n) is 17.3. The molecule has 0 aliphatic heterocycles. The van der Waals surface area contributed by atoms with Crippen molar-refractivity contribution in [3.63, 3.8) is 0 Å². The van der Waals surface area contributed by atoms with Gasteiger partial charge in [-0.3, -0.25) is 15.1 Å². The molecule has 0 atom stereocenters. The number of hydrogen-bond acceptors (Lipinski definition) is 4. The lowest BCUT2D eigenvalue weighted by Gasteiger charge is -2.10. The number of hydrogen-bond donors (Lipinski definition) is 3. The summed E-state index contributed by atoms with van der Waals surface area (Å²) in [5, 5.41) is 10.8. The number of H-pyrrole nitrogens is 1. The summed E-state index contributed by atoms with van der Waals surface area (Å²) in [5.41, 5.74) is 2.73. The second-order valence-corrected chi connectivity index (χ2v) is 7.48. The van der Waals surface area contributed by atoms with E-state index in [1.54, 1.807) is 18.2 Å². The molecule has 0 fully saturated rings. The van der Waals surface area contributed by atoms with Crippen molar-refractivity contribution in [3.8, 4) is 17.2 Å². The maximum atomic E-state index is 12.6. The molecule has 4 aromatic rings. The number of urea groups is 1. The Morgan fingerprint density at radius 2 is 1.84 bits per heavy atom. The molecule has 2 heterocycles. The topological polar surface area (TPSA) is 105 Å². The van der Waals surface area contributed by atoms with Crippen LogP contribution in [0.3, 0.4) is 0 Å². The van der Waals surface area contributed by atoms with E-state index >= 15 is 0 Å². The fourth-order valence-electron chi connectivity index (χ4n) is 3.10. The summed E-state index contributed by atoms with van der Waals surface area (Å²) in [6.45, 7) is 2.23. The van der Waals surface area contributed by atoms with Crippen LogP contribution in [0.4, 0.5) is 10.6 Å². The van der Waals surface area contributed by atoms with Crippen molar-refractivity contribution in [1.82, 2.24) is 25.1 Å². The molecule has 0 saturated heterocycles. The largest absolute Gasteiger partial charge is 0.334 e. The third-order valence-corrected chi connectivity index (χ3v) is 4.98. The van der Waals surface area contributed by atoms with E-state index in [1.165, 1.54) is 10.7 Å². The van der Waals surface area contributed by atoms with Crippen LogP contribution >= 0.6 is 11.6 Å². The summed E-state index contributed by atoms with van der Waals surface area (Å²) < 4.78 is 1.42. The Labute approximate surface area is 189 Å². The number of carbonyl (C=O) groups is 1. The Bertz CT molecular complexity index is 1280. The number of aromatic nitrogens is 4. The van der Waals surface area contributed by atoms with Gasteiger partial charge in [0.1, 0.15) is 5.82 Å². The maximum Gasteiger partial charge on any atom is 0.320 e. The predicted molar refractivity (Wildman–Crippen MR) is 124 cm³/mol. The number of carbonyl (C=O) groups excluding carboxylic acids is 1. The molecule has 0 aliphatic carbocycles. The molecule has 0 unspecified atom stereocenters. The first kappa shape index (κ1) is 21.3. The number of amides is 2. The number of aryl methyl sites for hydroxylation is 1. The summed E-state index contributed by atoms with van der Waals surface area (Å²) >= 11 is 5.90. The summed E-state index contributed by atoms with van der Waals surface area (Å²) in [6, 6.07) is 19.5. The highest BCUT2D eigenvalue weighted by molar-refractivity contribution is 6.30. The first-order valence-electron chi connectivity index (χ1n) is 10.1. The lowest BCUT2D eigenvalue weighted by molar-refractivity contribution is 0.251. The van der Waals surface area contributed by atoms with Crippen LogP contribution in [0.5, 0.6) is 0 Å². The third-order valence-electron chi connectivity index (χ3n) is 4.73. The first-order chi connectivity index (χ1) is 15.5. The quantitative estimate of drug-likeness (QED) is 0.412. The summed E-state index contributed by atoms with van der Waals surface area (Å²) in [4.78, 5) is 31.8. The zero-order valence-corrected chi connectivity index (χ0v) is 18.1. The summed E-state index contributed by atoms with van der Waals surface area (Å²) in [5.74, 6) is 0.596. The van der Waals surface area contributed by atoms with Gasteiger partial charge in [0.25, 0.3) is 5.56 Å². The molecule has 3 N–H and O–H groups in total. The van der Waals surface area contributed by atoms with Gasteiger partial charge >= 0.3 is 6.03 Å². The highest BCUT2D eigenvalue weighted by Gasteiger charge is 2.16. The number of nitrogens with zero attached hydrogens (tertiary/aromatic N) is 3. The van der Waals surface area contributed by atoms with Gasteiger partial charge in [0, 0.05) is 35.0 Å². The van der Waals surface area contributed by atoms with Crippen LogP contribution in [-0.4, -0.2) is 25.8 Å². The molecule has 0 saturated carbocycles. The highest BCUT2D eigenvalue weighted by Crippen LogP contribution is 2.23.